The molecule has 5 heteroatoms. The lowest BCUT2D eigenvalue weighted by atomic mass is 10.2. The van der Waals surface area contributed by atoms with E-state index in [1.807, 2.05) is 13.0 Å². The van der Waals surface area contributed by atoms with Crippen LogP contribution in [0.4, 0.5) is 0 Å². The summed E-state index contributed by atoms with van der Waals surface area (Å²) in [5, 5.41) is 5.62. The minimum atomic E-state index is 0.664. The number of nitrogens with one attached hydrogen (secondary N) is 1. The van der Waals surface area contributed by atoms with Gasteiger partial charge in [-0.2, -0.15) is 0 Å². The number of ether oxygens (including phenoxy) is 1. The van der Waals surface area contributed by atoms with Gasteiger partial charge in [0.25, 0.3) is 0 Å². The largest absolute Gasteiger partial charge is 0.492 e. The summed E-state index contributed by atoms with van der Waals surface area (Å²) in [5.41, 5.74) is 2.50. The Morgan fingerprint density at radius 1 is 1.25 bits per heavy atom. The van der Waals surface area contributed by atoms with Crippen LogP contribution in [0.2, 0.25) is 0 Å². The van der Waals surface area contributed by atoms with E-state index in [2.05, 4.69) is 61.6 Å². The number of benzene rings is 1. The number of thiophene rings is 1. The van der Waals surface area contributed by atoms with Crippen LogP contribution < -0.4 is 10.1 Å². The van der Waals surface area contributed by atoms with E-state index in [0.29, 0.717) is 6.61 Å². The van der Waals surface area contributed by atoms with Crippen molar-refractivity contribution in [3.63, 3.8) is 0 Å². The molecule has 0 aliphatic carbocycles. The number of hydrogen-bond donors (Lipinski definition) is 1. The van der Waals surface area contributed by atoms with Crippen molar-refractivity contribution in [2.24, 2.45) is 0 Å². The molecule has 0 aliphatic rings. The van der Waals surface area contributed by atoms with Crippen LogP contribution in [0.3, 0.4) is 0 Å². The average molecular weight is 419 g/mol. The van der Waals surface area contributed by atoms with Crippen LogP contribution in [0.1, 0.15) is 22.9 Å². The summed E-state index contributed by atoms with van der Waals surface area (Å²) >= 11 is 8.88. The highest BCUT2D eigenvalue weighted by molar-refractivity contribution is 9.11. The van der Waals surface area contributed by atoms with Crippen molar-refractivity contribution in [1.82, 2.24) is 5.32 Å². The molecule has 0 saturated heterocycles. The molecule has 0 unspecified atom stereocenters. The van der Waals surface area contributed by atoms with Gasteiger partial charge in [0.1, 0.15) is 5.75 Å². The van der Waals surface area contributed by atoms with Crippen LogP contribution in [0.25, 0.3) is 0 Å². The third-order valence-electron chi connectivity index (χ3n) is 2.94. The second-order valence-corrected chi connectivity index (χ2v) is 7.21. The van der Waals surface area contributed by atoms with Gasteiger partial charge in [-0.05, 0) is 58.9 Å². The van der Waals surface area contributed by atoms with Crippen molar-refractivity contribution >= 4 is 43.2 Å². The quantitative estimate of drug-likeness (QED) is 0.689. The molecule has 0 spiro atoms. The van der Waals surface area contributed by atoms with Gasteiger partial charge >= 0.3 is 0 Å². The van der Waals surface area contributed by atoms with Crippen LogP contribution in [0.5, 0.6) is 5.75 Å². The molecular weight excluding hydrogens is 402 g/mol. The number of hydrogen-bond acceptors (Lipinski definition) is 3. The fraction of sp³-hybridized carbons (Fsp3) is 0.333. The molecule has 1 aromatic heterocycles. The number of aryl methyl sites for hydroxylation is 1. The smallest absolute Gasteiger partial charge is 0.138 e. The lowest BCUT2D eigenvalue weighted by Crippen LogP contribution is -2.13. The predicted octanol–water partition coefficient (Wildman–Crippen LogP) is 5.27. The van der Waals surface area contributed by atoms with Crippen molar-refractivity contribution < 1.29 is 4.74 Å². The normalized spacial score (nSPS) is 10.8. The Morgan fingerprint density at radius 2 is 2.05 bits per heavy atom. The van der Waals surface area contributed by atoms with Crippen molar-refractivity contribution in [2.45, 2.75) is 26.9 Å². The molecule has 1 N–H and O–H groups in total. The molecule has 0 bridgehead atoms. The van der Waals surface area contributed by atoms with E-state index in [-0.39, 0.29) is 0 Å². The Bertz CT molecular complexity index is 583. The SMILES string of the molecule is CCOc1c(Br)cc(Br)cc1CNCc1sccc1C. The summed E-state index contributed by atoms with van der Waals surface area (Å²) < 4.78 is 7.77. The molecule has 1 heterocycles. The van der Waals surface area contributed by atoms with Crippen LogP contribution >= 0.6 is 43.2 Å². The first kappa shape index (κ1) is 16.0. The van der Waals surface area contributed by atoms with E-state index in [4.69, 9.17) is 4.74 Å². The highest BCUT2D eigenvalue weighted by Gasteiger charge is 2.10. The third-order valence-corrected chi connectivity index (χ3v) is 5.01. The Hall–Kier alpha value is -0.360. The molecule has 20 heavy (non-hydrogen) atoms. The highest BCUT2D eigenvalue weighted by Crippen LogP contribution is 2.33. The van der Waals surface area contributed by atoms with E-state index in [9.17, 15) is 0 Å². The summed E-state index contributed by atoms with van der Waals surface area (Å²) in [5.74, 6) is 0.922. The Balaban J connectivity index is 2.06. The standard InChI is InChI=1S/C15H17Br2NOS/c1-3-19-15-11(6-12(16)7-13(15)17)8-18-9-14-10(2)4-5-20-14/h4-7,18H,3,8-9H2,1-2H3. The van der Waals surface area contributed by atoms with Crippen LogP contribution in [-0.2, 0) is 13.1 Å². The molecule has 0 amide bonds. The monoisotopic (exact) mass is 417 g/mol. The van der Waals surface area contributed by atoms with E-state index >= 15 is 0 Å². The molecule has 2 aromatic rings. The average Bonchev–Trinajstić information content (AvgIpc) is 2.79. The van der Waals surface area contributed by atoms with Crippen molar-refractivity contribution in [1.29, 1.82) is 0 Å². The van der Waals surface area contributed by atoms with E-state index in [0.717, 1.165) is 33.3 Å². The van der Waals surface area contributed by atoms with Crippen molar-refractivity contribution in [3.05, 3.63) is 48.5 Å². The lowest BCUT2D eigenvalue weighted by Gasteiger charge is -2.13. The molecular formula is C15H17Br2NOS. The van der Waals surface area contributed by atoms with E-state index in [1.165, 1.54) is 10.4 Å². The van der Waals surface area contributed by atoms with Crippen LogP contribution in [0, 0.1) is 6.92 Å². The fourth-order valence-corrected chi connectivity index (χ4v) is 4.25. The molecule has 2 rings (SSSR count). The van der Waals surface area contributed by atoms with Gasteiger partial charge in [-0.3, -0.25) is 0 Å². The lowest BCUT2D eigenvalue weighted by molar-refractivity contribution is 0.333. The molecule has 2 nitrogen and oxygen atoms in total. The topological polar surface area (TPSA) is 21.3 Å². The first-order valence-corrected chi connectivity index (χ1v) is 8.92. The summed E-state index contributed by atoms with van der Waals surface area (Å²) in [6, 6.07) is 6.27. The highest BCUT2D eigenvalue weighted by atomic mass is 79.9. The van der Waals surface area contributed by atoms with Gasteiger partial charge < -0.3 is 10.1 Å². The van der Waals surface area contributed by atoms with Gasteiger partial charge in [0.15, 0.2) is 0 Å². The summed E-state index contributed by atoms with van der Waals surface area (Å²) in [6.45, 7) is 6.48. The maximum absolute atomic E-state index is 5.73. The molecule has 1 aromatic carbocycles. The Labute approximate surface area is 140 Å². The number of halogens is 2. The molecule has 108 valence electrons. The number of rotatable bonds is 6. The third kappa shape index (κ3) is 4.07. The van der Waals surface area contributed by atoms with E-state index < -0.39 is 0 Å². The van der Waals surface area contributed by atoms with Gasteiger partial charge in [0.2, 0.25) is 0 Å². The fourth-order valence-electron chi connectivity index (χ4n) is 1.95. The van der Waals surface area contributed by atoms with Gasteiger partial charge in [-0.1, -0.05) is 15.9 Å². The minimum absolute atomic E-state index is 0.664. The van der Waals surface area contributed by atoms with Crippen LogP contribution in [0.15, 0.2) is 32.5 Å². The van der Waals surface area contributed by atoms with Crippen molar-refractivity contribution in [3.8, 4) is 5.75 Å². The second-order valence-electron chi connectivity index (χ2n) is 4.44. The molecule has 0 radical (unpaired) electrons. The first-order valence-electron chi connectivity index (χ1n) is 6.46. The minimum Gasteiger partial charge on any atom is -0.492 e. The Kier molecular flexibility index (Phi) is 6.08. The van der Waals surface area contributed by atoms with Crippen molar-refractivity contribution in [2.75, 3.05) is 6.61 Å². The Morgan fingerprint density at radius 3 is 2.70 bits per heavy atom. The zero-order chi connectivity index (χ0) is 14.5. The second kappa shape index (κ2) is 7.59. The van der Waals surface area contributed by atoms with E-state index in [1.54, 1.807) is 11.3 Å². The van der Waals surface area contributed by atoms with Gasteiger partial charge in [0.05, 0.1) is 11.1 Å². The summed E-state index contributed by atoms with van der Waals surface area (Å²) in [6.07, 6.45) is 0. The van der Waals surface area contributed by atoms with Gasteiger partial charge in [0, 0.05) is 28.0 Å². The van der Waals surface area contributed by atoms with Gasteiger partial charge in [-0.25, -0.2) is 0 Å². The summed E-state index contributed by atoms with van der Waals surface area (Å²) in [4.78, 5) is 1.39. The van der Waals surface area contributed by atoms with Gasteiger partial charge in [-0.15, -0.1) is 11.3 Å². The molecule has 0 fully saturated rings. The maximum atomic E-state index is 5.73. The predicted molar refractivity (Wildman–Crippen MR) is 92.6 cm³/mol. The molecule has 0 atom stereocenters. The van der Waals surface area contributed by atoms with Crippen LogP contribution in [-0.4, -0.2) is 6.61 Å². The zero-order valence-electron chi connectivity index (χ0n) is 11.5. The summed E-state index contributed by atoms with van der Waals surface area (Å²) in [7, 11) is 0. The first-order chi connectivity index (χ1) is 9.61. The zero-order valence-corrected chi connectivity index (χ0v) is 15.5. The molecule has 0 aliphatic heterocycles. The molecule has 0 saturated carbocycles. The maximum Gasteiger partial charge on any atom is 0.138 e.